The van der Waals surface area contributed by atoms with Gasteiger partial charge < -0.3 is 10.2 Å². The quantitative estimate of drug-likeness (QED) is 0.446. The molecule has 1 saturated heterocycles. The van der Waals surface area contributed by atoms with Crippen molar-refractivity contribution in [3.63, 3.8) is 0 Å². The first-order chi connectivity index (χ1) is 15.3. The van der Waals surface area contributed by atoms with Crippen LogP contribution >= 0.6 is 23.2 Å². The van der Waals surface area contributed by atoms with E-state index in [1.165, 1.54) is 30.2 Å². The third kappa shape index (κ3) is 6.02. The van der Waals surface area contributed by atoms with Crippen molar-refractivity contribution in [1.29, 1.82) is 0 Å². The number of carbonyl (C=O) groups is 2. The van der Waals surface area contributed by atoms with Crippen molar-refractivity contribution in [3.05, 3.63) is 63.1 Å². The van der Waals surface area contributed by atoms with Crippen LogP contribution in [-0.4, -0.2) is 37.2 Å². The van der Waals surface area contributed by atoms with Gasteiger partial charge in [0.2, 0.25) is 0 Å². The maximum absolute atomic E-state index is 12.7. The molecule has 1 aliphatic heterocycles. The summed E-state index contributed by atoms with van der Waals surface area (Å²) in [6, 6.07) is 9.96. The zero-order chi connectivity index (χ0) is 23.3. The first-order valence-electron chi connectivity index (χ1n) is 10.7. The van der Waals surface area contributed by atoms with Crippen LogP contribution in [0.4, 0.5) is 5.69 Å². The summed E-state index contributed by atoms with van der Waals surface area (Å²) in [5.74, 6) is -0.941. The van der Waals surface area contributed by atoms with E-state index in [9.17, 15) is 9.59 Å². The number of halogens is 2. The summed E-state index contributed by atoms with van der Waals surface area (Å²) in [6.07, 6.45) is 4.07. The fraction of sp³-hybridized carbons (Fsp3) is 0.375. The molecule has 0 bridgehead atoms. The minimum atomic E-state index is -0.756. The number of anilines is 1. The number of benzene rings is 2. The second-order valence-corrected chi connectivity index (χ2v) is 9.11. The molecule has 0 aromatic heterocycles. The molecule has 6 nitrogen and oxygen atoms in total. The monoisotopic (exact) mass is 474 g/mol. The van der Waals surface area contributed by atoms with Gasteiger partial charge in [-0.3, -0.25) is 9.59 Å². The lowest BCUT2D eigenvalue weighted by Crippen LogP contribution is -2.48. The van der Waals surface area contributed by atoms with E-state index in [1.54, 1.807) is 18.3 Å². The molecule has 32 heavy (non-hydrogen) atoms. The number of hydrogen-bond donors (Lipinski definition) is 2. The summed E-state index contributed by atoms with van der Waals surface area (Å²) in [5.41, 5.74) is 6.18. The van der Waals surface area contributed by atoms with E-state index in [-0.39, 0.29) is 10.9 Å². The first-order valence-corrected chi connectivity index (χ1v) is 11.5. The van der Waals surface area contributed by atoms with Crippen LogP contribution in [0.15, 0.2) is 41.5 Å². The van der Waals surface area contributed by atoms with Gasteiger partial charge in [-0.15, -0.1) is 0 Å². The van der Waals surface area contributed by atoms with Crippen molar-refractivity contribution in [2.75, 3.05) is 18.0 Å². The Labute approximate surface area is 199 Å². The second kappa shape index (κ2) is 10.8. The number of hydrazone groups is 1. The Morgan fingerprint density at radius 3 is 2.41 bits per heavy atom. The summed E-state index contributed by atoms with van der Waals surface area (Å²) in [4.78, 5) is 27.6. The topological polar surface area (TPSA) is 73.8 Å². The van der Waals surface area contributed by atoms with E-state index in [0.717, 1.165) is 18.7 Å². The zero-order valence-electron chi connectivity index (χ0n) is 18.5. The largest absolute Gasteiger partial charge is 0.371 e. The molecule has 2 aromatic carbocycles. The van der Waals surface area contributed by atoms with Crippen molar-refractivity contribution in [2.24, 2.45) is 11.0 Å². The molecule has 1 unspecified atom stereocenters. The maximum Gasteiger partial charge on any atom is 0.262 e. The molecule has 0 spiro atoms. The van der Waals surface area contributed by atoms with E-state index in [4.69, 9.17) is 23.2 Å². The van der Waals surface area contributed by atoms with Crippen molar-refractivity contribution in [3.8, 4) is 0 Å². The molecule has 170 valence electrons. The van der Waals surface area contributed by atoms with Crippen LogP contribution in [0.25, 0.3) is 0 Å². The van der Waals surface area contributed by atoms with Crippen LogP contribution in [0.3, 0.4) is 0 Å². The minimum Gasteiger partial charge on any atom is -0.371 e. The molecule has 3 rings (SSSR count). The minimum absolute atomic E-state index is 0.140. The summed E-state index contributed by atoms with van der Waals surface area (Å²) >= 11 is 11.9. The fourth-order valence-corrected chi connectivity index (χ4v) is 4.01. The predicted octanol–water partition coefficient (Wildman–Crippen LogP) is 4.81. The molecular formula is C24H28Cl2N4O2. The highest BCUT2D eigenvalue weighted by molar-refractivity contribution is 6.42. The molecule has 1 heterocycles. The van der Waals surface area contributed by atoms with Crippen molar-refractivity contribution >= 4 is 46.9 Å². The highest BCUT2D eigenvalue weighted by Crippen LogP contribution is 2.25. The smallest absolute Gasteiger partial charge is 0.262 e. The number of carbonyl (C=O) groups excluding carboxylic acids is 2. The van der Waals surface area contributed by atoms with Gasteiger partial charge in [0.25, 0.3) is 11.8 Å². The molecule has 8 heteroatoms. The molecular weight excluding hydrogens is 447 g/mol. The highest BCUT2D eigenvalue weighted by atomic mass is 35.5. The Hall–Kier alpha value is -2.57. The average Bonchev–Trinajstić information content (AvgIpc) is 3.28. The molecule has 1 aliphatic rings. The Morgan fingerprint density at radius 1 is 1.06 bits per heavy atom. The zero-order valence-corrected chi connectivity index (χ0v) is 20.0. The molecule has 0 saturated carbocycles. The van der Waals surface area contributed by atoms with E-state index in [1.807, 2.05) is 19.9 Å². The Kier molecular flexibility index (Phi) is 8.15. The van der Waals surface area contributed by atoms with Crippen LogP contribution in [0.5, 0.6) is 0 Å². The Morgan fingerprint density at radius 2 is 1.78 bits per heavy atom. The van der Waals surface area contributed by atoms with Gasteiger partial charge in [0.05, 0.1) is 16.3 Å². The second-order valence-electron chi connectivity index (χ2n) is 8.30. The van der Waals surface area contributed by atoms with E-state index < -0.39 is 17.9 Å². The number of nitrogens with zero attached hydrogens (tertiary/aromatic N) is 2. The fourth-order valence-electron chi connectivity index (χ4n) is 3.71. The molecule has 1 atom stereocenters. The number of amides is 2. The van der Waals surface area contributed by atoms with Gasteiger partial charge in [-0.05, 0) is 67.1 Å². The van der Waals surface area contributed by atoms with Gasteiger partial charge in [0.1, 0.15) is 6.04 Å². The number of nitrogens with one attached hydrogen (secondary N) is 2. The Bertz CT molecular complexity index is 1020. The Balaban J connectivity index is 1.62. The molecule has 0 radical (unpaired) electrons. The van der Waals surface area contributed by atoms with Crippen LogP contribution < -0.4 is 15.6 Å². The van der Waals surface area contributed by atoms with Crippen molar-refractivity contribution < 1.29 is 9.59 Å². The lowest BCUT2D eigenvalue weighted by atomic mass is 10.0. The normalized spacial score (nSPS) is 14.8. The van der Waals surface area contributed by atoms with Gasteiger partial charge in [-0.2, -0.15) is 5.10 Å². The molecule has 1 fully saturated rings. The van der Waals surface area contributed by atoms with Crippen LogP contribution in [0.2, 0.25) is 10.0 Å². The average molecular weight is 475 g/mol. The van der Waals surface area contributed by atoms with Crippen molar-refractivity contribution in [1.82, 2.24) is 10.7 Å². The van der Waals surface area contributed by atoms with E-state index in [0.29, 0.717) is 10.6 Å². The maximum atomic E-state index is 12.7. The summed E-state index contributed by atoms with van der Waals surface area (Å²) in [5, 5.41) is 7.47. The van der Waals surface area contributed by atoms with Crippen LogP contribution in [0, 0.1) is 12.8 Å². The van der Waals surface area contributed by atoms with Crippen molar-refractivity contribution in [2.45, 2.75) is 39.7 Å². The summed E-state index contributed by atoms with van der Waals surface area (Å²) < 4.78 is 0. The number of rotatable bonds is 7. The van der Waals surface area contributed by atoms with Gasteiger partial charge in [0, 0.05) is 24.3 Å². The summed E-state index contributed by atoms with van der Waals surface area (Å²) in [7, 11) is 0. The van der Waals surface area contributed by atoms with Gasteiger partial charge in [0.15, 0.2) is 0 Å². The lowest BCUT2D eigenvalue weighted by molar-refractivity contribution is -0.123. The third-order valence-corrected chi connectivity index (χ3v) is 6.21. The lowest BCUT2D eigenvalue weighted by Gasteiger charge is -2.21. The van der Waals surface area contributed by atoms with Crippen LogP contribution in [-0.2, 0) is 4.79 Å². The standard InChI is InChI=1S/C24H28Cl2N4O2/c1-15(2)22(28-23(31)18-7-8-19(25)20(26)13-18)24(32)29-27-14-17-6-9-21(16(3)12-17)30-10-4-5-11-30/h6-9,12-15,22H,4-5,10-11H2,1-3H3,(H,28,31)(H,29,32)/b27-14-. The van der Waals surface area contributed by atoms with E-state index in [2.05, 4.69) is 39.8 Å². The number of aryl methyl sites for hydroxylation is 1. The van der Waals surface area contributed by atoms with Gasteiger partial charge in [-0.25, -0.2) is 5.43 Å². The van der Waals surface area contributed by atoms with Crippen LogP contribution in [0.1, 0.15) is 48.2 Å². The molecule has 0 aliphatic carbocycles. The highest BCUT2D eigenvalue weighted by Gasteiger charge is 2.24. The number of hydrogen-bond acceptors (Lipinski definition) is 4. The molecule has 2 amide bonds. The SMILES string of the molecule is Cc1cc(/C=N\NC(=O)C(NC(=O)c2ccc(Cl)c(Cl)c2)C(C)C)ccc1N1CCCC1. The van der Waals surface area contributed by atoms with E-state index >= 15 is 0 Å². The third-order valence-electron chi connectivity index (χ3n) is 5.47. The van der Waals surface area contributed by atoms with Gasteiger partial charge in [-0.1, -0.05) is 43.1 Å². The van der Waals surface area contributed by atoms with Gasteiger partial charge >= 0.3 is 0 Å². The molecule has 2 N–H and O–H groups in total. The summed E-state index contributed by atoms with van der Waals surface area (Å²) in [6.45, 7) is 7.97. The predicted molar refractivity (Wildman–Crippen MR) is 131 cm³/mol. The molecule has 2 aromatic rings. The first kappa shape index (κ1) is 24.1.